The maximum absolute atomic E-state index is 11.8. The minimum absolute atomic E-state index is 0.129. The molecule has 1 aliphatic heterocycles. The summed E-state index contributed by atoms with van der Waals surface area (Å²) in [7, 11) is 0. The van der Waals surface area contributed by atoms with Gasteiger partial charge in [-0.2, -0.15) is 0 Å². The maximum atomic E-state index is 11.8. The predicted octanol–water partition coefficient (Wildman–Crippen LogP) is 1.86. The van der Waals surface area contributed by atoms with E-state index in [-0.39, 0.29) is 12.5 Å². The van der Waals surface area contributed by atoms with Crippen LogP contribution in [0.15, 0.2) is 18.2 Å². The molecular formula is C12H14Cl2N2O2. The van der Waals surface area contributed by atoms with Gasteiger partial charge in [-0.15, -0.1) is 0 Å². The minimum Gasteiger partial charge on any atom is -0.396 e. The van der Waals surface area contributed by atoms with Gasteiger partial charge in [-0.3, -0.25) is 9.69 Å². The number of hydrogen-bond donors (Lipinski definition) is 2. The molecule has 1 heterocycles. The Morgan fingerprint density at radius 2 is 2.17 bits per heavy atom. The largest absolute Gasteiger partial charge is 0.396 e. The van der Waals surface area contributed by atoms with Gasteiger partial charge in [-0.1, -0.05) is 29.3 Å². The number of halogens is 2. The molecule has 0 atom stereocenters. The molecular weight excluding hydrogens is 275 g/mol. The zero-order chi connectivity index (χ0) is 13.1. The van der Waals surface area contributed by atoms with Crippen LogP contribution in [0.25, 0.3) is 0 Å². The van der Waals surface area contributed by atoms with Crippen molar-refractivity contribution in [1.29, 1.82) is 0 Å². The summed E-state index contributed by atoms with van der Waals surface area (Å²) in [5.74, 6) is 0.170. The van der Waals surface area contributed by atoms with Crippen molar-refractivity contribution in [3.63, 3.8) is 0 Å². The predicted molar refractivity (Wildman–Crippen MR) is 72.1 cm³/mol. The lowest BCUT2D eigenvalue weighted by atomic mass is 10.0. The highest BCUT2D eigenvalue weighted by Crippen LogP contribution is 2.29. The number of likely N-dealkylation sites (tertiary alicyclic amines) is 1. The summed E-state index contributed by atoms with van der Waals surface area (Å²) < 4.78 is 0. The van der Waals surface area contributed by atoms with Crippen LogP contribution in [0.4, 0.5) is 5.69 Å². The quantitative estimate of drug-likeness (QED) is 0.889. The van der Waals surface area contributed by atoms with E-state index in [0.29, 0.717) is 28.2 Å². The van der Waals surface area contributed by atoms with Gasteiger partial charge in [-0.05, 0) is 12.1 Å². The van der Waals surface area contributed by atoms with Crippen molar-refractivity contribution in [2.24, 2.45) is 5.92 Å². The lowest BCUT2D eigenvalue weighted by molar-refractivity contribution is -0.119. The second kappa shape index (κ2) is 5.89. The average Bonchev–Trinajstić information content (AvgIpc) is 2.29. The third kappa shape index (κ3) is 3.14. The standard InChI is InChI=1S/C12H14Cl2N2O2/c13-9-2-1-3-10(12(9)14)15-11(18)6-16-4-8(5-16)7-17/h1-3,8,17H,4-7H2,(H,15,18). The van der Waals surface area contributed by atoms with E-state index in [1.165, 1.54) is 0 Å². The van der Waals surface area contributed by atoms with Crippen molar-refractivity contribution < 1.29 is 9.90 Å². The average molecular weight is 289 g/mol. The van der Waals surface area contributed by atoms with Crippen molar-refractivity contribution in [2.45, 2.75) is 0 Å². The summed E-state index contributed by atoms with van der Waals surface area (Å²) in [6.07, 6.45) is 0. The van der Waals surface area contributed by atoms with Gasteiger partial charge < -0.3 is 10.4 Å². The smallest absolute Gasteiger partial charge is 0.238 e. The van der Waals surface area contributed by atoms with Gasteiger partial charge in [0.2, 0.25) is 5.91 Å². The number of rotatable bonds is 4. The maximum Gasteiger partial charge on any atom is 0.238 e. The van der Waals surface area contributed by atoms with Crippen molar-refractivity contribution in [3.8, 4) is 0 Å². The molecule has 0 bridgehead atoms. The molecule has 18 heavy (non-hydrogen) atoms. The molecule has 0 radical (unpaired) electrons. The number of amides is 1. The minimum atomic E-state index is -0.129. The highest BCUT2D eigenvalue weighted by atomic mass is 35.5. The van der Waals surface area contributed by atoms with Crippen LogP contribution in [0.5, 0.6) is 0 Å². The third-order valence-electron chi connectivity index (χ3n) is 2.88. The van der Waals surface area contributed by atoms with Crippen LogP contribution in [0, 0.1) is 5.92 Å². The van der Waals surface area contributed by atoms with Crippen LogP contribution < -0.4 is 5.32 Å². The van der Waals surface area contributed by atoms with Crippen molar-refractivity contribution >= 4 is 34.8 Å². The first kappa shape index (κ1) is 13.6. The molecule has 4 nitrogen and oxygen atoms in total. The molecule has 1 aromatic rings. The molecule has 1 fully saturated rings. The van der Waals surface area contributed by atoms with E-state index in [1.54, 1.807) is 18.2 Å². The molecule has 1 aliphatic rings. The third-order valence-corrected chi connectivity index (χ3v) is 3.70. The number of nitrogens with one attached hydrogen (secondary N) is 1. The SMILES string of the molecule is O=C(CN1CC(CO)C1)Nc1cccc(Cl)c1Cl. The molecule has 1 amide bonds. The van der Waals surface area contributed by atoms with E-state index in [0.717, 1.165) is 13.1 Å². The Morgan fingerprint density at radius 3 is 2.83 bits per heavy atom. The van der Waals surface area contributed by atoms with Gasteiger partial charge in [0.15, 0.2) is 0 Å². The Labute approximate surface area is 115 Å². The Kier molecular flexibility index (Phi) is 4.45. The Balaban J connectivity index is 1.86. The summed E-state index contributed by atoms with van der Waals surface area (Å²) in [6.45, 7) is 2.00. The number of aliphatic hydroxyl groups is 1. The zero-order valence-electron chi connectivity index (χ0n) is 9.70. The number of benzene rings is 1. The molecule has 0 aliphatic carbocycles. The number of aliphatic hydroxyl groups excluding tert-OH is 1. The Hall–Kier alpha value is -0.810. The molecule has 0 spiro atoms. The second-order valence-electron chi connectivity index (χ2n) is 4.39. The van der Waals surface area contributed by atoms with Crippen molar-refractivity contribution in [2.75, 3.05) is 31.6 Å². The van der Waals surface area contributed by atoms with Crippen LogP contribution in [0.1, 0.15) is 0 Å². The van der Waals surface area contributed by atoms with E-state index in [9.17, 15) is 4.79 Å². The number of anilines is 1. The van der Waals surface area contributed by atoms with Crippen LogP contribution >= 0.6 is 23.2 Å². The van der Waals surface area contributed by atoms with Crippen LogP contribution in [-0.2, 0) is 4.79 Å². The first-order valence-electron chi connectivity index (χ1n) is 5.67. The fourth-order valence-electron chi connectivity index (χ4n) is 1.91. The summed E-state index contributed by atoms with van der Waals surface area (Å²) in [4.78, 5) is 13.7. The molecule has 0 unspecified atom stereocenters. The van der Waals surface area contributed by atoms with Crippen LogP contribution in [-0.4, -0.2) is 42.2 Å². The highest BCUT2D eigenvalue weighted by Gasteiger charge is 2.27. The highest BCUT2D eigenvalue weighted by molar-refractivity contribution is 6.43. The monoisotopic (exact) mass is 288 g/mol. The van der Waals surface area contributed by atoms with Crippen LogP contribution in [0.3, 0.4) is 0 Å². The van der Waals surface area contributed by atoms with E-state index in [1.807, 2.05) is 4.90 Å². The van der Waals surface area contributed by atoms with Crippen molar-refractivity contribution in [1.82, 2.24) is 4.90 Å². The summed E-state index contributed by atoms with van der Waals surface area (Å²) in [6, 6.07) is 5.11. The molecule has 1 saturated heterocycles. The van der Waals surface area contributed by atoms with Gasteiger partial charge >= 0.3 is 0 Å². The van der Waals surface area contributed by atoms with E-state index >= 15 is 0 Å². The first-order valence-corrected chi connectivity index (χ1v) is 6.43. The summed E-state index contributed by atoms with van der Waals surface area (Å²) >= 11 is 11.8. The lowest BCUT2D eigenvalue weighted by Gasteiger charge is -2.37. The molecule has 2 rings (SSSR count). The van der Waals surface area contributed by atoms with Gasteiger partial charge in [0.1, 0.15) is 0 Å². The lowest BCUT2D eigenvalue weighted by Crippen LogP contribution is -2.51. The molecule has 0 saturated carbocycles. The Morgan fingerprint density at radius 1 is 1.44 bits per heavy atom. The molecule has 0 aromatic heterocycles. The summed E-state index contributed by atoms with van der Waals surface area (Å²) in [5.41, 5.74) is 0.522. The van der Waals surface area contributed by atoms with E-state index < -0.39 is 0 Å². The molecule has 98 valence electrons. The fraction of sp³-hybridized carbons (Fsp3) is 0.417. The fourth-order valence-corrected chi connectivity index (χ4v) is 2.26. The van der Waals surface area contributed by atoms with E-state index in [2.05, 4.69) is 5.32 Å². The van der Waals surface area contributed by atoms with Gasteiger partial charge in [0.05, 0.1) is 22.3 Å². The first-order chi connectivity index (χ1) is 8.60. The molecule has 6 heteroatoms. The number of hydrogen-bond acceptors (Lipinski definition) is 3. The van der Waals surface area contributed by atoms with Gasteiger partial charge in [-0.25, -0.2) is 0 Å². The second-order valence-corrected chi connectivity index (χ2v) is 5.18. The number of nitrogens with zero attached hydrogens (tertiary/aromatic N) is 1. The normalized spacial score (nSPS) is 16.4. The molecule has 1 aromatic carbocycles. The molecule has 2 N–H and O–H groups in total. The van der Waals surface area contributed by atoms with Gasteiger partial charge in [0.25, 0.3) is 0 Å². The van der Waals surface area contributed by atoms with E-state index in [4.69, 9.17) is 28.3 Å². The van der Waals surface area contributed by atoms with Gasteiger partial charge in [0, 0.05) is 25.6 Å². The van der Waals surface area contributed by atoms with Crippen LogP contribution in [0.2, 0.25) is 10.0 Å². The van der Waals surface area contributed by atoms with Crippen molar-refractivity contribution in [3.05, 3.63) is 28.2 Å². The summed E-state index contributed by atoms with van der Waals surface area (Å²) in [5, 5.41) is 12.4. The number of carbonyl (C=O) groups is 1. The zero-order valence-corrected chi connectivity index (χ0v) is 11.2. The topological polar surface area (TPSA) is 52.6 Å². The Bertz CT molecular complexity index is 448. The number of carbonyl (C=O) groups excluding carboxylic acids is 1.